The molecule has 0 aromatic heterocycles. The Morgan fingerprint density at radius 3 is 1.80 bits per heavy atom. The third-order valence-corrected chi connectivity index (χ3v) is 5.08. The number of nitrogens with two attached hydrogens (primary N) is 1. The van der Waals surface area contributed by atoms with Crippen LogP contribution in [0.5, 0.6) is 0 Å². The van der Waals surface area contributed by atoms with Gasteiger partial charge in [-0.3, -0.25) is 9.59 Å². The van der Waals surface area contributed by atoms with Gasteiger partial charge in [-0.05, 0) is 46.9 Å². The molecule has 0 amide bonds. The Labute approximate surface area is 160 Å². The highest BCUT2D eigenvalue weighted by Crippen LogP contribution is 2.33. The van der Waals surface area contributed by atoms with E-state index in [1.54, 1.807) is 0 Å². The molecular formula is C18H19IN4O2. The van der Waals surface area contributed by atoms with E-state index in [9.17, 15) is 9.59 Å². The molecule has 0 spiro atoms. The van der Waals surface area contributed by atoms with Gasteiger partial charge in [-0.15, -0.1) is 0 Å². The van der Waals surface area contributed by atoms with Crippen molar-refractivity contribution in [2.24, 2.45) is 0 Å². The van der Waals surface area contributed by atoms with Crippen molar-refractivity contribution in [3.63, 3.8) is 0 Å². The number of carbonyl (C=O) groups excluding carboxylic acids is 2. The van der Waals surface area contributed by atoms with Crippen molar-refractivity contribution in [2.75, 3.05) is 45.0 Å². The molecule has 1 aliphatic carbocycles. The van der Waals surface area contributed by atoms with Crippen molar-refractivity contribution in [2.45, 2.75) is 0 Å². The van der Waals surface area contributed by atoms with Crippen LogP contribution in [0.3, 0.4) is 0 Å². The molecular weight excluding hydrogens is 431 g/mol. The number of benzene rings is 1. The molecule has 5 rings (SSSR count). The van der Waals surface area contributed by atoms with E-state index in [-0.39, 0.29) is 11.6 Å². The Bertz CT molecular complexity index is 767. The SMILES string of the molecule is Nc1ccc(I)cc1.O=C1C=C(N2CC2)C(=O)C(N2CC2)=C1N1CC1. The maximum Gasteiger partial charge on any atom is 0.227 e. The number of Topliss-reactive ketones (excluding diaryl/α,β-unsaturated/α-hetero) is 1. The summed E-state index contributed by atoms with van der Waals surface area (Å²) >= 11 is 2.24. The van der Waals surface area contributed by atoms with Crippen LogP contribution in [0.1, 0.15) is 0 Å². The molecule has 0 unspecified atom stereocenters. The number of nitrogen functional groups attached to an aromatic ring is 1. The van der Waals surface area contributed by atoms with Crippen molar-refractivity contribution < 1.29 is 9.59 Å². The zero-order chi connectivity index (χ0) is 17.6. The van der Waals surface area contributed by atoms with Gasteiger partial charge in [-0.1, -0.05) is 0 Å². The van der Waals surface area contributed by atoms with Crippen molar-refractivity contribution >= 4 is 39.8 Å². The number of anilines is 1. The van der Waals surface area contributed by atoms with E-state index < -0.39 is 0 Å². The number of halogens is 1. The van der Waals surface area contributed by atoms with Crippen LogP contribution in [-0.2, 0) is 9.59 Å². The minimum absolute atomic E-state index is 0.00546. The first-order valence-corrected chi connectivity index (χ1v) is 9.43. The fourth-order valence-electron chi connectivity index (χ4n) is 2.74. The third-order valence-electron chi connectivity index (χ3n) is 4.36. The Kier molecular flexibility index (Phi) is 4.18. The first kappa shape index (κ1) is 16.4. The van der Waals surface area contributed by atoms with Crippen LogP contribution in [-0.4, -0.2) is 65.5 Å². The summed E-state index contributed by atoms with van der Waals surface area (Å²) in [6, 6.07) is 7.75. The van der Waals surface area contributed by atoms with E-state index in [0.717, 1.165) is 45.0 Å². The largest absolute Gasteiger partial charge is 0.399 e. The zero-order valence-corrected chi connectivity index (χ0v) is 15.9. The van der Waals surface area contributed by atoms with Gasteiger partial charge >= 0.3 is 0 Å². The highest BCUT2D eigenvalue weighted by molar-refractivity contribution is 14.1. The molecule has 1 aromatic carbocycles. The van der Waals surface area contributed by atoms with Gasteiger partial charge in [0, 0.05) is 54.6 Å². The lowest BCUT2D eigenvalue weighted by atomic mass is 10.0. The number of allylic oxidation sites excluding steroid dienone is 1. The van der Waals surface area contributed by atoms with Crippen molar-refractivity contribution in [1.82, 2.24) is 14.7 Å². The Morgan fingerprint density at radius 1 is 0.800 bits per heavy atom. The average Bonchev–Trinajstić information content (AvgIpc) is 3.45. The van der Waals surface area contributed by atoms with Gasteiger partial charge in [0.2, 0.25) is 11.6 Å². The summed E-state index contributed by atoms with van der Waals surface area (Å²) in [5, 5.41) is 0. The fraction of sp³-hybridized carbons (Fsp3) is 0.333. The predicted molar refractivity (Wildman–Crippen MR) is 103 cm³/mol. The number of nitrogens with zero attached hydrogens (tertiary/aromatic N) is 3. The number of hydrogen-bond acceptors (Lipinski definition) is 6. The minimum Gasteiger partial charge on any atom is -0.399 e. The maximum absolute atomic E-state index is 12.4. The normalized spacial score (nSPS) is 21.0. The smallest absolute Gasteiger partial charge is 0.227 e. The molecule has 1 aromatic rings. The molecule has 3 aliphatic heterocycles. The molecule has 3 fully saturated rings. The van der Waals surface area contributed by atoms with Crippen LogP contribution in [0.4, 0.5) is 5.69 Å². The van der Waals surface area contributed by atoms with Gasteiger partial charge in [0.25, 0.3) is 0 Å². The number of carbonyl (C=O) groups is 2. The molecule has 0 saturated carbocycles. The number of rotatable bonds is 3. The summed E-state index contributed by atoms with van der Waals surface area (Å²) in [6.45, 7) is 5.41. The van der Waals surface area contributed by atoms with Gasteiger partial charge < -0.3 is 20.4 Å². The van der Waals surface area contributed by atoms with Crippen molar-refractivity contribution in [3.05, 3.63) is 51.0 Å². The Balaban J connectivity index is 0.000000166. The molecule has 0 atom stereocenters. The van der Waals surface area contributed by atoms with Gasteiger partial charge in [0.1, 0.15) is 11.4 Å². The second kappa shape index (κ2) is 6.36. The van der Waals surface area contributed by atoms with Gasteiger partial charge in [0.15, 0.2) is 0 Å². The van der Waals surface area contributed by atoms with E-state index in [1.807, 2.05) is 39.0 Å². The van der Waals surface area contributed by atoms with E-state index in [2.05, 4.69) is 22.6 Å². The van der Waals surface area contributed by atoms with Crippen molar-refractivity contribution in [3.8, 4) is 0 Å². The molecule has 0 bridgehead atoms. The van der Waals surface area contributed by atoms with Crippen LogP contribution >= 0.6 is 22.6 Å². The standard InChI is InChI=1S/C12H13N3O2.C6H6IN/c16-9-7-8(13-1-2-13)12(17)11(15-5-6-15)10(9)14-3-4-14;7-5-1-3-6(8)4-2-5/h7H,1-6H2;1-4H,8H2. The van der Waals surface area contributed by atoms with Gasteiger partial charge in [-0.25, -0.2) is 0 Å². The maximum atomic E-state index is 12.4. The summed E-state index contributed by atoms with van der Waals surface area (Å²) in [7, 11) is 0. The first-order valence-electron chi connectivity index (χ1n) is 8.35. The fourth-order valence-corrected chi connectivity index (χ4v) is 3.10. The van der Waals surface area contributed by atoms with Crippen LogP contribution < -0.4 is 5.73 Å². The summed E-state index contributed by atoms with van der Waals surface area (Å²) in [6.07, 6.45) is 1.52. The second-order valence-corrected chi connectivity index (χ2v) is 7.68. The zero-order valence-electron chi connectivity index (χ0n) is 13.7. The first-order chi connectivity index (χ1) is 12.0. The summed E-state index contributed by atoms with van der Waals surface area (Å²) < 4.78 is 1.22. The summed E-state index contributed by atoms with van der Waals surface area (Å²) in [4.78, 5) is 30.5. The molecule has 3 saturated heterocycles. The molecule has 3 heterocycles. The van der Waals surface area contributed by atoms with Gasteiger partial charge in [-0.2, -0.15) is 0 Å². The van der Waals surface area contributed by atoms with Crippen LogP contribution in [0.25, 0.3) is 0 Å². The predicted octanol–water partition coefficient (Wildman–Crippen LogP) is 1.05. The molecule has 4 aliphatic rings. The van der Waals surface area contributed by atoms with E-state index in [1.165, 1.54) is 9.65 Å². The molecule has 2 N–H and O–H groups in total. The quantitative estimate of drug-likeness (QED) is 0.322. The Morgan fingerprint density at radius 2 is 1.32 bits per heavy atom. The monoisotopic (exact) mass is 450 g/mol. The van der Waals surface area contributed by atoms with E-state index in [0.29, 0.717) is 17.1 Å². The van der Waals surface area contributed by atoms with Gasteiger partial charge in [0.05, 0.1) is 5.70 Å². The lowest BCUT2D eigenvalue weighted by Crippen LogP contribution is -2.29. The average molecular weight is 450 g/mol. The molecule has 6 nitrogen and oxygen atoms in total. The topological polar surface area (TPSA) is 69.2 Å². The van der Waals surface area contributed by atoms with Crippen LogP contribution in [0.15, 0.2) is 47.4 Å². The lowest BCUT2D eigenvalue weighted by Gasteiger charge is -2.21. The highest BCUT2D eigenvalue weighted by Gasteiger charge is 2.43. The third kappa shape index (κ3) is 3.65. The van der Waals surface area contributed by atoms with E-state index in [4.69, 9.17) is 5.73 Å². The van der Waals surface area contributed by atoms with E-state index >= 15 is 0 Å². The molecule has 0 radical (unpaired) electrons. The van der Waals surface area contributed by atoms with Crippen LogP contribution in [0, 0.1) is 3.57 Å². The number of ketones is 2. The highest BCUT2D eigenvalue weighted by atomic mass is 127. The Hall–Kier alpha value is -2.03. The van der Waals surface area contributed by atoms with Crippen LogP contribution in [0.2, 0.25) is 0 Å². The van der Waals surface area contributed by atoms with Crippen molar-refractivity contribution in [1.29, 1.82) is 0 Å². The molecule has 7 heteroatoms. The molecule has 130 valence electrons. The minimum atomic E-state index is 0.00546. The summed E-state index contributed by atoms with van der Waals surface area (Å²) in [5.41, 5.74) is 8.13. The summed E-state index contributed by atoms with van der Waals surface area (Å²) in [5.74, 6) is 0.0485. The molecule has 25 heavy (non-hydrogen) atoms. The second-order valence-electron chi connectivity index (χ2n) is 6.43. The number of hydrogen-bond donors (Lipinski definition) is 1. The lowest BCUT2D eigenvalue weighted by molar-refractivity contribution is -0.117.